The summed E-state index contributed by atoms with van der Waals surface area (Å²) in [6, 6.07) is 3.52. The van der Waals surface area contributed by atoms with E-state index in [0.29, 0.717) is 12.2 Å². The largest absolute Gasteiger partial charge is 0.416 e. The molecular weight excluding hydrogens is 301 g/mol. The van der Waals surface area contributed by atoms with Crippen molar-refractivity contribution in [2.45, 2.75) is 25.1 Å². The van der Waals surface area contributed by atoms with Gasteiger partial charge in [0.25, 0.3) is 0 Å². The summed E-state index contributed by atoms with van der Waals surface area (Å²) in [6.07, 6.45) is -2.48. The van der Waals surface area contributed by atoms with Crippen LogP contribution >= 0.6 is 12.2 Å². The summed E-state index contributed by atoms with van der Waals surface area (Å²) in [5.74, 6) is 0. The van der Waals surface area contributed by atoms with Gasteiger partial charge in [-0.2, -0.15) is 13.2 Å². The molecule has 0 spiro atoms. The molecule has 2 rings (SSSR count). The van der Waals surface area contributed by atoms with E-state index < -0.39 is 11.7 Å². The second-order valence-electron chi connectivity index (χ2n) is 5.04. The summed E-state index contributed by atoms with van der Waals surface area (Å²) in [6.45, 7) is 1.37. The van der Waals surface area contributed by atoms with Crippen LogP contribution in [0.15, 0.2) is 18.2 Å². The number of anilines is 1. The second-order valence-corrected chi connectivity index (χ2v) is 5.48. The predicted octanol–water partition coefficient (Wildman–Crippen LogP) is 2.95. The van der Waals surface area contributed by atoms with Crippen molar-refractivity contribution in [3.8, 4) is 0 Å². The van der Waals surface area contributed by atoms with Crippen LogP contribution < -0.4 is 10.6 Å². The van der Waals surface area contributed by atoms with Crippen LogP contribution in [-0.4, -0.2) is 31.3 Å². The molecule has 0 bridgehead atoms. The maximum absolute atomic E-state index is 12.8. The van der Waals surface area contributed by atoms with Gasteiger partial charge in [-0.3, -0.25) is 0 Å². The minimum absolute atomic E-state index is 0.0318. The van der Waals surface area contributed by atoms with E-state index in [1.165, 1.54) is 6.07 Å². The highest BCUT2D eigenvalue weighted by atomic mass is 32.1. The molecule has 1 unspecified atom stereocenters. The topological polar surface area (TPSA) is 38.5 Å². The molecule has 1 aromatic rings. The van der Waals surface area contributed by atoms with E-state index in [1.54, 1.807) is 7.11 Å². The molecule has 7 heteroatoms. The van der Waals surface area contributed by atoms with Crippen molar-refractivity contribution in [2.75, 3.05) is 25.1 Å². The number of hydrogen-bond donors (Lipinski definition) is 1. The fourth-order valence-corrected chi connectivity index (χ4v) is 2.70. The first-order valence-electron chi connectivity index (χ1n) is 6.61. The molecule has 0 saturated carbocycles. The lowest BCUT2D eigenvalue weighted by atomic mass is 10.0. The minimum atomic E-state index is -4.41. The van der Waals surface area contributed by atoms with Gasteiger partial charge in [-0.25, -0.2) is 0 Å². The fourth-order valence-electron chi connectivity index (χ4n) is 2.53. The summed E-state index contributed by atoms with van der Waals surface area (Å²) >= 11 is 4.91. The van der Waals surface area contributed by atoms with Gasteiger partial charge in [-0.05, 0) is 31.0 Å². The van der Waals surface area contributed by atoms with E-state index in [-0.39, 0.29) is 16.7 Å². The molecule has 1 atom stereocenters. The normalized spacial score (nSPS) is 19.6. The summed E-state index contributed by atoms with van der Waals surface area (Å²) < 4.78 is 43.7. The Kier molecular flexibility index (Phi) is 4.73. The van der Waals surface area contributed by atoms with Gasteiger partial charge >= 0.3 is 6.18 Å². The number of methoxy groups -OCH3 is 1. The Morgan fingerprint density at radius 2 is 2.14 bits per heavy atom. The van der Waals surface area contributed by atoms with Crippen molar-refractivity contribution < 1.29 is 17.9 Å². The molecule has 0 aromatic heterocycles. The molecule has 0 amide bonds. The summed E-state index contributed by atoms with van der Waals surface area (Å²) in [5.41, 5.74) is 5.76. The molecule has 116 valence electrons. The van der Waals surface area contributed by atoms with Crippen molar-refractivity contribution in [2.24, 2.45) is 5.73 Å². The standard InChI is InChI=1S/C14H17F3N2OS/c1-20-10-3-2-6-19(8-10)12-5-4-9(14(15,16)17)7-11(12)13(18)21/h4-5,7,10H,2-3,6,8H2,1H3,(H2,18,21). The first-order valence-corrected chi connectivity index (χ1v) is 7.02. The van der Waals surface area contributed by atoms with Gasteiger partial charge in [0.15, 0.2) is 0 Å². The number of thiocarbonyl (C=S) groups is 1. The Balaban J connectivity index is 2.37. The lowest BCUT2D eigenvalue weighted by molar-refractivity contribution is -0.137. The van der Waals surface area contributed by atoms with E-state index in [2.05, 4.69) is 0 Å². The van der Waals surface area contributed by atoms with Crippen molar-refractivity contribution in [3.05, 3.63) is 29.3 Å². The summed E-state index contributed by atoms with van der Waals surface area (Å²) in [4.78, 5) is 1.95. The van der Waals surface area contributed by atoms with Crippen LogP contribution in [0.4, 0.5) is 18.9 Å². The van der Waals surface area contributed by atoms with Gasteiger partial charge in [-0.15, -0.1) is 0 Å². The summed E-state index contributed by atoms with van der Waals surface area (Å²) in [7, 11) is 1.63. The SMILES string of the molecule is COC1CCCN(c2ccc(C(F)(F)F)cc2C(N)=S)C1. The highest BCUT2D eigenvalue weighted by Crippen LogP contribution is 2.33. The van der Waals surface area contributed by atoms with Crippen LogP contribution in [0.3, 0.4) is 0 Å². The average Bonchev–Trinajstić information content (AvgIpc) is 2.45. The predicted molar refractivity (Wildman–Crippen MR) is 79.6 cm³/mol. The molecule has 0 aliphatic carbocycles. The third kappa shape index (κ3) is 3.65. The van der Waals surface area contributed by atoms with Crippen molar-refractivity contribution >= 4 is 22.9 Å². The zero-order valence-corrected chi connectivity index (χ0v) is 12.4. The molecule has 1 aromatic carbocycles. The zero-order chi connectivity index (χ0) is 15.6. The van der Waals surface area contributed by atoms with Crippen LogP contribution in [0.5, 0.6) is 0 Å². The third-order valence-corrected chi connectivity index (χ3v) is 3.86. The first-order chi connectivity index (χ1) is 9.82. The second kappa shape index (κ2) is 6.19. The number of benzene rings is 1. The van der Waals surface area contributed by atoms with Gasteiger partial charge in [0.1, 0.15) is 4.99 Å². The number of hydrogen-bond acceptors (Lipinski definition) is 3. The molecule has 2 N–H and O–H groups in total. The van der Waals surface area contributed by atoms with E-state index in [1.807, 2.05) is 4.90 Å². The zero-order valence-electron chi connectivity index (χ0n) is 11.6. The molecule has 1 aliphatic rings. The fraction of sp³-hybridized carbons (Fsp3) is 0.500. The molecule has 3 nitrogen and oxygen atoms in total. The lowest BCUT2D eigenvalue weighted by Gasteiger charge is -2.35. The Morgan fingerprint density at radius 1 is 1.43 bits per heavy atom. The first kappa shape index (κ1) is 16.0. The highest BCUT2D eigenvalue weighted by Gasteiger charge is 2.32. The quantitative estimate of drug-likeness (QED) is 0.870. The number of nitrogens with zero attached hydrogens (tertiary/aromatic N) is 1. The van der Waals surface area contributed by atoms with Crippen LogP contribution in [0.1, 0.15) is 24.0 Å². The monoisotopic (exact) mass is 318 g/mol. The van der Waals surface area contributed by atoms with E-state index in [0.717, 1.165) is 31.5 Å². The molecule has 1 aliphatic heterocycles. The van der Waals surface area contributed by atoms with E-state index in [4.69, 9.17) is 22.7 Å². The van der Waals surface area contributed by atoms with Crippen LogP contribution in [0.2, 0.25) is 0 Å². The number of piperidine rings is 1. The highest BCUT2D eigenvalue weighted by molar-refractivity contribution is 7.80. The molecule has 0 radical (unpaired) electrons. The number of nitrogens with two attached hydrogens (primary N) is 1. The smallest absolute Gasteiger partial charge is 0.389 e. The molecule has 21 heavy (non-hydrogen) atoms. The lowest BCUT2D eigenvalue weighted by Crippen LogP contribution is -2.40. The van der Waals surface area contributed by atoms with Gasteiger partial charge < -0.3 is 15.4 Å². The van der Waals surface area contributed by atoms with Gasteiger partial charge in [0.05, 0.1) is 11.7 Å². The Bertz CT molecular complexity index is 533. The van der Waals surface area contributed by atoms with Crippen LogP contribution in [0, 0.1) is 0 Å². The average molecular weight is 318 g/mol. The molecular formula is C14H17F3N2OS. The Morgan fingerprint density at radius 3 is 2.71 bits per heavy atom. The van der Waals surface area contributed by atoms with Crippen molar-refractivity contribution in [1.29, 1.82) is 0 Å². The Hall–Kier alpha value is -1.34. The van der Waals surface area contributed by atoms with Gasteiger partial charge in [-0.1, -0.05) is 12.2 Å². The molecule has 1 fully saturated rings. The van der Waals surface area contributed by atoms with Crippen molar-refractivity contribution in [1.82, 2.24) is 0 Å². The Labute approximate surface area is 126 Å². The maximum atomic E-state index is 12.8. The number of alkyl halides is 3. The maximum Gasteiger partial charge on any atom is 0.416 e. The summed E-state index contributed by atoms with van der Waals surface area (Å²) in [5, 5.41) is 0. The number of rotatable bonds is 3. The van der Waals surface area contributed by atoms with Crippen LogP contribution in [-0.2, 0) is 10.9 Å². The molecule has 1 saturated heterocycles. The van der Waals surface area contributed by atoms with Crippen LogP contribution in [0.25, 0.3) is 0 Å². The van der Waals surface area contributed by atoms with Crippen molar-refractivity contribution in [3.63, 3.8) is 0 Å². The number of ether oxygens (including phenoxy) is 1. The van der Waals surface area contributed by atoms with E-state index in [9.17, 15) is 13.2 Å². The van der Waals surface area contributed by atoms with Gasteiger partial charge in [0.2, 0.25) is 0 Å². The minimum Gasteiger partial charge on any atom is -0.389 e. The third-order valence-electron chi connectivity index (χ3n) is 3.64. The van der Waals surface area contributed by atoms with E-state index >= 15 is 0 Å². The van der Waals surface area contributed by atoms with Gasteiger partial charge in [0, 0.05) is 31.5 Å². The number of halogens is 3. The molecule has 1 heterocycles.